The Hall–Kier alpha value is -1.89. The fraction of sp³-hybridized carbons (Fsp3) is 0.300. The Morgan fingerprint density at radius 1 is 1.65 bits per heavy atom. The molecule has 6 nitrogen and oxygen atoms in total. The summed E-state index contributed by atoms with van der Waals surface area (Å²) in [7, 11) is 0. The molecule has 1 aliphatic rings. The molecule has 0 saturated carbocycles. The summed E-state index contributed by atoms with van der Waals surface area (Å²) in [5, 5.41) is 16.6. The highest BCUT2D eigenvalue weighted by atomic mass is 32.1. The summed E-state index contributed by atoms with van der Waals surface area (Å²) in [6.45, 7) is 0.415. The maximum Gasteiger partial charge on any atom is 0.353 e. The number of aliphatic carboxylic acids is 1. The molecular weight excluding hydrogens is 244 g/mol. The Morgan fingerprint density at radius 3 is 3.06 bits per heavy atom. The van der Waals surface area contributed by atoms with Crippen molar-refractivity contribution < 1.29 is 19.5 Å². The van der Waals surface area contributed by atoms with E-state index in [4.69, 9.17) is 9.94 Å². The van der Waals surface area contributed by atoms with Gasteiger partial charge in [-0.3, -0.25) is 4.79 Å². The lowest BCUT2D eigenvalue weighted by atomic mass is 10.2. The number of nitrogens with zero attached hydrogens (tertiary/aromatic N) is 1. The van der Waals surface area contributed by atoms with E-state index in [1.165, 1.54) is 11.3 Å². The summed E-state index contributed by atoms with van der Waals surface area (Å²) in [5.41, 5.74) is -0.124. The molecule has 2 heterocycles. The summed E-state index contributed by atoms with van der Waals surface area (Å²) in [5.74, 6) is -1.50. The van der Waals surface area contributed by atoms with Crippen LogP contribution in [0.3, 0.4) is 0 Å². The van der Waals surface area contributed by atoms with Crippen molar-refractivity contribution in [2.45, 2.75) is 19.1 Å². The minimum atomic E-state index is -1.15. The smallest absolute Gasteiger partial charge is 0.353 e. The highest BCUT2D eigenvalue weighted by molar-refractivity contribution is 7.09. The number of carboxylic acids is 1. The van der Waals surface area contributed by atoms with E-state index in [1.54, 1.807) is 0 Å². The lowest BCUT2D eigenvalue weighted by Gasteiger charge is -2.07. The number of thiophene rings is 1. The molecule has 2 N–H and O–H groups in total. The molecule has 0 aromatic carbocycles. The van der Waals surface area contributed by atoms with Gasteiger partial charge in [0, 0.05) is 11.3 Å². The molecule has 1 aliphatic heterocycles. The summed E-state index contributed by atoms with van der Waals surface area (Å²) >= 11 is 1.53. The van der Waals surface area contributed by atoms with Crippen LogP contribution in [0, 0.1) is 0 Å². The van der Waals surface area contributed by atoms with E-state index in [0.29, 0.717) is 6.54 Å². The molecule has 90 valence electrons. The van der Waals surface area contributed by atoms with E-state index < -0.39 is 12.1 Å². The third-order valence-corrected chi connectivity index (χ3v) is 3.10. The molecule has 1 amide bonds. The molecule has 17 heavy (non-hydrogen) atoms. The summed E-state index contributed by atoms with van der Waals surface area (Å²) in [4.78, 5) is 28.0. The van der Waals surface area contributed by atoms with Crippen LogP contribution in [-0.4, -0.2) is 28.8 Å². The topological polar surface area (TPSA) is 88.0 Å². The number of carbonyl (C=O) groups is 2. The lowest BCUT2D eigenvalue weighted by Crippen LogP contribution is -2.34. The van der Waals surface area contributed by atoms with Crippen LogP contribution in [0.4, 0.5) is 0 Å². The van der Waals surface area contributed by atoms with E-state index in [0.717, 1.165) is 4.88 Å². The standard InChI is InChI=1S/C10H10N2O4S/c13-9(11-5-6-2-1-3-17-6)8-4-7(10(14)15)12-16-8/h1-3,8H,4-5H2,(H,11,13)(H,14,15). The van der Waals surface area contributed by atoms with Gasteiger partial charge in [0.05, 0.1) is 6.54 Å². The van der Waals surface area contributed by atoms with Gasteiger partial charge in [-0.1, -0.05) is 11.2 Å². The Morgan fingerprint density at radius 2 is 2.47 bits per heavy atom. The Balaban J connectivity index is 1.81. The largest absolute Gasteiger partial charge is 0.477 e. The van der Waals surface area contributed by atoms with Crippen LogP contribution < -0.4 is 5.32 Å². The molecule has 0 spiro atoms. The van der Waals surface area contributed by atoms with Gasteiger partial charge in [-0.2, -0.15) is 0 Å². The second-order valence-corrected chi connectivity index (χ2v) is 4.47. The van der Waals surface area contributed by atoms with Crippen molar-refractivity contribution >= 4 is 28.9 Å². The van der Waals surface area contributed by atoms with Crippen LogP contribution in [0.2, 0.25) is 0 Å². The van der Waals surface area contributed by atoms with Gasteiger partial charge in [0.2, 0.25) is 6.10 Å². The van der Waals surface area contributed by atoms with Crippen molar-refractivity contribution in [1.29, 1.82) is 0 Å². The number of carbonyl (C=O) groups excluding carboxylic acids is 1. The van der Waals surface area contributed by atoms with Crippen LogP contribution >= 0.6 is 11.3 Å². The van der Waals surface area contributed by atoms with Crippen molar-refractivity contribution in [3.05, 3.63) is 22.4 Å². The minimum absolute atomic E-state index is 0.00556. The molecule has 2 rings (SSSR count). The van der Waals surface area contributed by atoms with Gasteiger partial charge in [0.25, 0.3) is 5.91 Å². The summed E-state index contributed by atoms with van der Waals surface area (Å²) < 4.78 is 0. The zero-order valence-electron chi connectivity index (χ0n) is 8.75. The molecule has 1 aromatic rings. The summed E-state index contributed by atoms with van der Waals surface area (Å²) in [6.07, 6.45) is -0.827. The third kappa shape index (κ3) is 2.82. The Bertz CT molecular complexity index is 455. The second kappa shape index (κ2) is 4.96. The van der Waals surface area contributed by atoms with Crippen molar-refractivity contribution in [2.24, 2.45) is 5.16 Å². The maximum atomic E-state index is 11.6. The molecule has 7 heteroatoms. The van der Waals surface area contributed by atoms with Crippen LogP contribution in [0.25, 0.3) is 0 Å². The van der Waals surface area contributed by atoms with Crippen molar-refractivity contribution in [3.63, 3.8) is 0 Å². The number of hydrogen-bond donors (Lipinski definition) is 2. The van der Waals surface area contributed by atoms with E-state index in [2.05, 4.69) is 10.5 Å². The SMILES string of the molecule is O=C(O)C1=NOC(C(=O)NCc2cccs2)C1. The number of rotatable bonds is 4. The van der Waals surface area contributed by atoms with Gasteiger partial charge >= 0.3 is 5.97 Å². The van der Waals surface area contributed by atoms with Crippen LogP contribution in [0.1, 0.15) is 11.3 Å². The first-order valence-corrected chi connectivity index (χ1v) is 5.81. The van der Waals surface area contributed by atoms with Gasteiger partial charge in [-0.25, -0.2) is 4.79 Å². The highest BCUT2D eigenvalue weighted by Gasteiger charge is 2.31. The van der Waals surface area contributed by atoms with Gasteiger partial charge in [-0.15, -0.1) is 11.3 Å². The molecule has 1 unspecified atom stereocenters. The molecule has 1 aromatic heterocycles. The predicted molar refractivity (Wildman–Crippen MR) is 60.7 cm³/mol. The number of oxime groups is 1. The zero-order valence-corrected chi connectivity index (χ0v) is 9.57. The van der Waals surface area contributed by atoms with Gasteiger partial charge < -0.3 is 15.3 Å². The first-order valence-electron chi connectivity index (χ1n) is 4.93. The highest BCUT2D eigenvalue weighted by Crippen LogP contribution is 2.12. The Kier molecular flexibility index (Phi) is 3.38. The average Bonchev–Trinajstić information content (AvgIpc) is 2.96. The van der Waals surface area contributed by atoms with Crippen LogP contribution in [0.15, 0.2) is 22.7 Å². The first kappa shape index (κ1) is 11.6. The number of nitrogens with one attached hydrogen (secondary N) is 1. The molecule has 0 saturated heterocycles. The second-order valence-electron chi connectivity index (χ2n) is 3.44. The fourth-order valence-electron chi connectivity index (χ4n) is 1.35. The average molecular weight is 254 g/mol. The van der Waals surface area contributed by atoms with Crippen LogP contribution in [0.5, 0.6) is 0 Å². The van der Waals surface area contributed by atoms with Crippen molar-refractivity contribution in [2.75, 3.05) is 0 Å². The fourth-order valence-corrected chi connectivity index (χ4v) is 1.99. The van der Waals surface area contributed by atoms with Crippen molar-refractivity contribution in [3.8, 4) is 0 Å². The van der Waals surface area contributed by atoms with Crippen molar-refractivity contribution in [1.82, 2.24) is 5.32 Å². The van der Waals surface area contributed by atoms with Gasteiger partial charge in [0.15, 0.2) is 5.71 Å². The van der Waals surface area contributed by atoms with Gasteiger partial charge in [0.1, 0.15) is 0 Å². The van der Waals surface area contributed by atoms with E-state index in [9.17, 15) is 9.59 Å². The number of hydrogen-bond acceptors (Lipinski definition) is 5. The monoisotopic (exact) mass is 254 g/mol. The molecule has 1 atom stereocenters. The molecule has 0 fully saturated rings. The number of amides is 1. The molecule has 0 radical (unpaired) electrons. The molecule has 0 bridgehead atoms. The quantitative estimate of drug-likeness (QED) is 0.823. The van der Waals surface area contributed by atoms with Gasteiger partial charge in [-0.05, 0) is 11.4 Å². The first-order chi connectivity index (χ1) is 8.16. The Labute approximate surface area is 101 Å². The normalized spacial score (nSPS) is 18.4. The number of carboxylic acid groups (broad SMARTS) is 1. The zero-order chi connectivity index (χ0) is 12.3. The minimum Gasteiger partial charge on any atom is -0.477 e. The maximum absolute atomic E-state index is 11.6. The van der Waals surface area contributed by atoms with E-state index in [-0.39, 0.29) is 18.0 Å². The van der Waals surface area contributed by atoms with Crippen LogP contribution in [-0.2, 0) is 21.0 Å². The molecular formula is C10H10N2O4S. The predicted octanol–water partition coefficient (Wildman–Crippen LogP) is 0.594. The molecule has 0 aliphatic carbocycles. The lowest BCUT2D eigenvalue weighted by molar-refractivity contribution is -0.131. The van der Waals surface area contributed by atoms with E-state index >= 15 is 0 Å². The summed E-state index contributed by atoms with van der Waals surface area (Å²) in [6, 6.07) is 3.80. The van der Waals surface area contributed by atoms with E-state index in [1.807, 2.05) is 17.5 Å². The third-order valence-electron chi connectivity index (χ3n) is 2.23.